The number of carbonyl (C=O) groups is 1. The largest absolute Gasteiger partial charge is 0.465 e. The molecule has 0 atom stereocenters. The second-order valence-corrected chi connectivity index (χ2v) is 10.2. The first-order chi connectivity index (χ1) is 17.2. The average Bonchev–Trinajstić information content (AvgIpc) is 3.24. The fourth-order valence-electron chi connectivity index (χ4n) is 4.80. The highest BCUT2D eigenvalue weighted by Crippen LogP contribution is 2.33. The van der Waals surface area contributed by atoms with Gasteiger partial charge in [-0.1, -0.05) is 48.5 Å². The van der Waals surface area contributed by atoms with Gasteiger partial charge in [0.05, 0.1) is 11.2 Å². The molecule has 1 aliphatic heterocycles. The molecule has 0 saturated heterocycles. The standard InChI is InChI=1S/C29H31N5O2/c1-19-16-26(32-34(19)29(2,3)4)30-25-18-22-8-5-6-11-24(22)27(31-25)23-10-7-9-21(17-23)20-12-14-33(15-13-20)28(35)36/h5-12,16-18H,13-15H2,1-4H3,(H,35,36)(H,30,31,32). The molecule has 3 heterocycles. The fraction of sp³-hybridized carbons (Fsp3) is 0.276. The van der Waals surface area contributed by atoms with Crippen LogP contribution in [0, 0.1) is 6.92 Å². The van der Waals surface area contributed by atoms with Gasteiger partial charge in [0.1, 0.15) is 5.82 Å². The van der Waals surface area contributed by atoms with Gasteiger partial charge in [-0.2, -0.15) is 5.10 Å². The van der Waals surface area contributed by atoms with Crippen molar-refractivity contribution in [1.29, 1.82) is 0 Å². The molecule has 4 aromatic rings. The third-order valence-electron chi connectivity index (χ3n) is 6.51. The van der Waals surface area contributed by atoms with Crippen LogP contribution in [0.15, 0.2) is 66.7 Å². The van der Waals surface area contributed by atoms with Gasteiger partial charge in [0.15, 0.2) is 5.82 Å². The Morgan fingerprint density at radius 3 is 2.47 bits per heavy atom. The molecular weight excluding hydrogens is 450 g/mol. The molecule has 2 aromatic heterocycles. The number of pyridine rings is 1. The van der Waals surface area contributed by atoms with E-state index >= 15 is 0 Å². The number of carboxylic acid groups (broad SMARTS) is 1. The smallest absolute Gasteiger partial charge is 0.407 e. The highest BCUT2D eigenvalue weighted by atomic mass is 16.4. The van der Waals surface area contributed by atoms with Crippen molar-refractivity contribution in [3.8, 4) is 11.3 Å². The molecule has 0 bridgehead atoms. The number of nitrogens with one attached hydrogen (secondary N) is 1. The van der Waals surface area contributed by atoms with E-state index in [1.165, 1.54) is 4.90 Å². The second-order valence-electron chi connectivity index (χ2n) is 10.2. The molecule has 0 saturated carbocycles. The Kier molecular flexibility index (Phi) is 6.00. The molecule has 184 valence electrons. The van der Waals surface area contributed by atoms with Crippen molar-refractivity contribution < 1.29 is 9.90 Å². The van der Waals surface area contributed by atoms with Crippen LogP contribution >= 0.6 is 0 Å². The molecule has 36 heavy (non-hydrogen) atoms. The zero-order valence-corrected chi connectivity index (χ0v) is 21.1. The van der Waals surface area contributed by atoms with E-state index in [-0.39, 0.29) is 5.54 Å². The summed E-state index contributed by atoms with van der Waals surface area (Å²) in [5.41, 5.74) is 5.15. The Labute approximate surface area is 211 Å². The molecule has 2 N–H and O–H groups in total. The second kappa shape index (κ2) is 9.15. The van der Waals surface area contributed by atoms with Crippen molar-refractivity contribution in [2.75, 3.05) is 18.4 Å². The maximum Gasteiger partial charge on any atom is 0.407 e. The lowest BCUT2D eigenvalue weighted by atomic mass is 9.95. The summed E-state index contributed by atoms with van der Waals surface area (Å²) >= 11 is 0. The van der Waals surface area contributed by atoms with E-state index in [2.05, 4.69) is 69.4 Å². The zero-order valence-electron chi connectivity index (χ0n) is 21.1. The van der Waals surface area contributed by atoms with Crippen molar-refractivity contribution in [3.05, 3.63) is 78.0 Å². The van der Waals surface area contributed by atoms with Crippen LogP contribution in [-0.4, -0.2) is 44.0 Å². The first kappa shape index (κ1) is 23.6. The monoisotopic (exact) mass is 481 g/mol. The summed E-state index contributed by atoms with van der Waals surface area (Å²) in [7, 11) is 0. The molecule has 1 amide bonds. The summed E-state index contributed by atoms with van der Waals surface area (Å²) in [6.07, 6.45) is 1.83. The van der Waals surface area contributed by atoms with Crippen LogP contribution in [0.25, 0.3) is 27.6 Å². The van der Waals surface area contributed by atoms with Gasteiger partial charge in [-0.05, 0) is 62.8 Å². The third kappa shape index (κ3) is 4.69. The minimum atomic E-state index is -0.874. The van der Waals surface area contributed by atoms with E-state index in [0.717, 1.165) is 50.5 Å². The van der Waals surface area contributed by atoms with Crippen molar-refractivity contribution in [1.82, 2.24) is 19.7 Å². The minimum Gasteiger partial charge on any atom is -0.465 e. The SMILES string of the molecule is Cc1cc(Nc2cc3ccccc3c(-c3cccc(C4=CCN(C(=O)O)CC4)c3)n2)nn1C(C)(C)C. The molecule has 0 fully saturated rings. The number of benzene rings is 2. The van der Waals surface area contributed by atoms with Gasteiger partial charge in [0.2, 0.25) is 0 Å². The third-order valence-corrected chi connectivity index (χ3v) is 6.51. The number of nitrogens with zero attached hydrogens (tertiary/aromatic N) is 4. The molecule has 2 aromatic carbocycles. The van der Waals surface area contributed by atoms with Crippen LogP contribution in [0.1, 0.15) is 38.4 Å². The summed E-state index contributed by atoms with van der Waals surface area (Å²) in [4.78, 5) is 17.7. The number of anilines is 2. The van der Waals surface area contributed by atoms with E-state index in [0.29, 0.717) is 19.5 Å². The number of amides is 1. The number of aryl methyl sites for hydroxylation is 1. The molecular formula is C29H31N5O2. The van der Waals surface area contributed by atoms with Crippen molar-refractivity contribution in [2.45, 2.75) is 39.7 Å². The van der Waals surface area contributed by atoms with Crippen LogP contribution in [0.5, 0.6) is 0 Å². The summed E-state index contributed by atoms with van der Waals surface area (Å²) in [6, 6.07) is 20.7. The number of rotatable bonds is 4. The Morgan fingerprint density at radius 2 is 1.78 bits per heavy atom. The van der Waals surface area contributed by atoms with E-state index in [4.69, 9.17) is 10.1 Å². The summed E-state index contributed by atoms with van der Waals surface area (Å²) < 4.78 is 2.02. The maximum absolute atomic E-state index is 11.3. The van der Waals surface area contributed by atoms with Crippen LogP contribution in [0.3, 0.4) is 0 Å². The van der Waals surface area contributed by atoms with E-state index in [1.807, 2.05) is 35.0 Å². The van der Waals surface area contributed by atoms with Gasteiger partial charge >= 0.3 is 6.09 Å². The molecule has 0 unspecified atom stereocenters. The highest BCUT2D eigenvalue weighted by molar-refractivity contribution is 5.97. The van der Waals surface area contributed by atoms with Crippen molar-refractivity contribution in [3.63, 3.8) is 0 Å². The summed E-state index contributed by atoms with van der Waals surface area (Å²) in [6.45, 7) is 9.39. The number of hydrogen-bond donors (Lipinski definition) is 2. The van der Waals surface area contributed by atoms with Crippen LogP contribution in [0.2, 0.25) is 0 Å². The quantitative estimate of drug-likeness (QED) is 0.340. The predicted octanol–water partition coefficient (Wildman–Crippen LogP) is 6.67. The maximum atomic E-state index is 11.3. The van der Waals surface area contributed by atoms with Gasteiger partial charge in [-0.3, -0.25) is 4.68 Å². The topological polar surface area (TPSA) is 83.3 Å². The first-order valence-corrected chi connectivity index (χ1v) is 12.2. The minimum absolute atomic E-state index is 0.109. The van der Waals surface area contributed by atoms with Gasteiger partial charge in [-0.15, -0.1) is 0 Å². The number of aromatic nitrogens is 3. The molecule has 0 aliphatic carbocycles. The average molecular weight is 482 g/mol. The van der Waals surface area contributed by atoms with Crippen molar-refractivity contribution in [2.24, 2.45) is 0 Å². The highest BCUT2D eigenvalue weighted by Gasteiger charge is 2.19. The normalized spacial score (nSPS) is 14.1. The Balaban J connectivity index is 1.53. The Bertz CT molecular complexity index is 1480. The lowest BCUT2D eigenvalue weighted by molar-refractivity contribution is 0.150. The molecule has 7 nitrogen and oxygen atoms in total. The lowest BCUT2D eigenvalue weighted by Crippen LogP contribution is -2.33. The van der Waals surface area contributed by atoms with E-state index in [9.17, 15) is 9.90 Å². The van der Waals surface area contributed by atoms with Gasteiger partial charge in [0, 0.05) is 35.8 Å². The lowest BCUT2D eigenvalue weighted by Gasteiger charge is -2.24. The number of hydrogen-bond acceptors (Lipinski definition) is 4. The predicted molar refractivity (Wildman–Crippen MR) is 145 cm³/mol. The van der Waals surface area contributed by atoms with Gasteiger partial charge in [0.25, 0.3) is 0 Å². The Morgan fingerprint density at radius 1 is 1.00 bits per heavy atom. The van der Waals surface area contributed by atoms with Crippen LogP contribution < -0.4 is 5.32 Å². The molecule has 7 heteroatoms. The van der Waals surface area contributed by atoms with E-state index < -0.39 is 6.09 Å². The van der Waals surface area contributed by atoms with Crippen molar-refractivity contribution >= 4 is 34.1 Å². The van der Waals surface area contributed by atoms with Gasteiger partial charge < -0.3 is 15.3 Å². The molecule has 0 spiro atoms. The van der Waals surface area contributed by atoms with Crippen LogP contribution in [-0.2, 0) is 5.54 Å². The molecule has 1 aliphatic rings. The van der Waals surface area contributed by atoms with Gasteiger partial charge in [-0.25, -0.2) is 9.78 Å². The Hall–Kier alpha value is -4.13. The van der Waals surface area contributed by atoms with E-state index in [1.54, 1.807) is 0 Å². The fourth-order valence-corrected chi connectivity index (χ4v) is 4.80. The zero-order chi connectivity index (χ0) is 25.4. The summed E-state index contributed by atoms with van der Waals surface area (Å²) in [5, 5.41) is 19.6. The van der Waals surface area contributed by atoms with Crippen LogP contribution in [0.4, 0.5) is 16.4 Å². The molecule has 5 rings (SSSR count). The molecule has 0 radical (unpaired) electrons. The summed E-state index contributed by atoms with van der Waals surface area (Å²) in [5.74, 6) is 1.50. The first-order valence-electron chi connectivity index (χ1n) is 12.2. The number of fused-ring (bicyclic) bond motifs is 1.